The Morgan fingerprint density at radius 3 is 2.70 bits per heavy atom. The number of benzene rings is 2. The van der Waals surface area contributed by atoms with Crippen LogP contribution in [0, 0.1) is 5.82 Å². The van der Waals surface area contributed by atoms with Crippen molar-refractivity contribution >= 4 is 45.7 Å². The second-order valence-electron chi connectivity index (χ2n) is 6.01. The van der Waals surface area contributed by atoms with Crippen LogP contribution in [-0.4, -0.2) is 21.5 Å². The SMILES string of the molecule is Cn1cc(C=C2SC(=NC(=O)c3ccc(F)cc3)NC2=O)c2ccccc21. The highest BCUT2D eigenvalue weighted by Crippen LogP contribution is 2.29. The van der Waals surface area contributed by atoms with Gasteiger partial charge in [0.2, 0.25) is 0 Å². The molecular formula is C20H14FN3O2S. The molecule has 1 fully saturated rings. The van der Waals surface area contributed by atoms with E-state index in [0.717, 1.165) is 28.2 Å². The zero-order valence-corrected chi connectivity index (χ0v) is 15.1. The van der Waals surface area contributed by atoms with Gasteiger partial charge in [0.15, 0.2) is 5.17 Å². The highest BCUT2D eigenvalue weighted by atomic mass is 32.2. The molecule has 5 nitrogen and oxygen atoms in total. The molecule has 1 N–H and O–H groups in total. The monoisotopic (exact) mass is 379 g/mol. The molecule has 0 atom stereocenters. The molecule has 2 aromatic carbocycles. The molecule has 2 heterocycles. The van der Waals surface area contributed by atoms with E-state index in [1.54, 1.807) is 6.08 Å². The maximum Gasteiger partial charge on any atom is 0.279 e. The second-order valence-corrected chi connectivity index (χ2v) is 7.04. The van der Waals surface area contributed by atoms with Crippen LogP contribution in [0.15, 0.2) is 64.6 Å². The molecule has 2 amide bonds. The van der Waals surface area contributed by atoms with Crippen LogP contribution in [0.3, 0.4) is 0 Å². The lowest BCUT2D eigenvalue weighted by molar-refractivity contribution is -0.115. The van der Waals surface area contributed by atoms with Crippen LogP contribution in [0.1, 0.15) is 15.9 Å². The third-order valence-electron chi connectivity index (χ3n) is 4.16. The number of hydrogen-bond acceptors (Lipinski definition) is 3. The minimum atomic E-state index is -0.538. The van der Waals surface area contributed by atoms with Crippen molar-refractivity contribution in [2.45, 2.75) is 0 Å². The third-order valence-corrected chi connectivity index (χ3v) is 5.07. The van der Waals surface area contributed by atoms with Crippen LogP contribution < -0.4 is 5.32 Å². The van der Waals surface area contributed by atoms with E-state index in [1.165, 1.54) is 24.3 Å². The third kappa shape index (κ3) is 3.41. The lowest BCUT2D eigenvalue weighted by Crippen LogP contribution is -2.20. The van der Waals surface area contributed by atoms with Crippen molar-refractivity contribution in [1.29, 1.82) is 0 Å². The predicted molar refractivity (Wildman–Crippen MR) is 105 cm³/mol. The summed E-state index contributed by atoms with van der Waals surface area (Å²) in [5.74, 6) is -1.27. The van der Waals surface area contributed by atoms with Gasteiger partial charge in [-0.05, 0) is 48.2 Å². The quantitative estimate of drug-likeness (QED) is 0.691. The number of carbonyl (C=O) groups is 2. The van der Waals surface area contributed by atoms with Gasteiger partial charge in [0, 0.05) is 35.3 Å². The van der Waals surface area contributed by atoms with E-state index in [4.69, 9.17) is 0 Å². The molecule has 0 saturated carbocycles. The number of nitrogens with one attached hydrogen (secondary N) is 1. The fourth-order valence-corrected chi connectivity index (χ4v) is 3.67. The molecule has 7 heteroatoms. The number of halogens is 1. The van der Waals surface area contributed by atoms with Crippen molar-refractivity contribution in [2.24, 2.45) is 12.0 Å². The Hall–Kier alpha value is -3.19. The van der Waals surface area contributed by atoms with Gasteiger partial charge < -0.3 is 9.88 Å². The van der Waals surface area contributed by atoms with Crippen LogP contribution in [0.4, 0.5) is 4.39 Å². The molecule has 3 aromatic rings. The van der Waals surface area contributed by atoms with Gasteiger partial charge >= 0.3 is 0 Å². The molecule has 0 bridgehead atoms. The summed E-state index contributed by atoms with van der Waals surface area (Å²) in [6.45, 7) is 0. The topological polar surface area (TPSA) is 63.5 Å². The summed E-state index contributed by atoms with van der Waals surface area (Å²) in [5, 5.41) is 3.84. The number of thioether (sulfide) groups is 1. The van der Waals surface area contributed by atoms with Gasteiger partial charge in [-0.25, -0.2) is 4.39 Å². The smallest absolute Gasteiger partial charge is 0.279 e. The van der Waals surface area contributed by atoms with Gasteiger partial charge in [0.05, 0.1) is 4.91 Å². The molecule has 1 saturated heterocycles. The summed E-state index contributed by atoms with van der Waals surface area (Å²) in [7, 11) is 1.94. The number of rotatable bonds is 2. The number of amides is 2. The average molecular weight is 379 g/mol. The number of hydrogen-bond donors (Lipinski definition) is 1. The van der Waals surface area contributed by atoms with E-state index in [0.29, 0.717) is 4.91 Å². The first kappa shape index (κ1) is 17.2. The highest BCUT2D eigenvalue weighted by Gasteiger charge is 2.25. The molecular weight excluding hydrogens is 365 g/mol. The molecule has 0 unspecified atom stereocenters. The van der Waals surface area contributed by atoms with Crippen molar-refractivity contribution in [3.63, 3.8) is 0 Å². The number of nitrogens with zero attached hydrogens (tertiary/aromatic N) is 2. The summed E-state index contributed by atoms with van der Waals surface area (Å²) >= 11 is 1.10. The van der Waals surface area contributed by atoms with Crippen molar-refractivity contribution in [3.8, 4) is 0 Å². The van der Waals surface area contributed by atoms with Crippen LogP contribution >= 0.6 is 11.8 Å². The molecule has 0 radical (unpaired) electrons. The molecule has 27 heavy (non-hydrogen) atoms. The van der Waals surface area contributed by atoms with E-state index < -0.39 is 11.7 Å². The zero-order chi connectivity index (χ0) is 19.0. The largest absolute Gasteiger partial charge is 0.350 e. The summed E-state index contributed by atoms with van der Waals surface area (Å²) < 4.78 is 15.0. The van der Waals surface area contributed by atoms with Crippen molar-refractivity contribution in [2.75, 3.05) is 0 Å². The highest BCUT2D eigenvalue weighted by molar-refractivity contribution is 8.18. The Kier molecular flexibility index (Phi) is 4.37. The summed E-state index contributed by atoms with van der Waals surface area (Å²) in [6, 6.07) is 13.0. The number of aliphatic imine (C=N–C) groups is 1. The first-order valence-electron chi connectivity index (χ1n) is 8.15. The van der Waals surface area contributed by atoms with Gasteiger partial charge in [-0.1, -0.05) is 18.2 Å². The van der Waals surface area contributed by atoms with Gasteiger partial charge in [-0.2, -0.15) is 4.99 Å². The minimum Gasteiger partial charge on any atom is -0.350 e. The maximum atomic E-state index is 13.0. The Labute approximate surface area is 158 Å². The van der Waals surface area contributed by atoms with Gasteiger partial charge in [0.25, 0.3) is 11.8 Å². The molecule has 0 spiro atoms. The fraction of sp³-hybridized carbons (Fsp3) is 0.0500. The molecule has 4 rings (SSSR count). The summed E-state index contributed by atoms with van der Waals surface area (Å²) in [6.07, 6.45) is 3.73. The van der Waals surface area contributed by atoms with Crippen LogP contribution in [0.5, 0.6) is 0 Å². The Morgan fingerprint density at radius 2 is 1.93 bits per heavy atom. The normalized spacial score (nSPS) is 17.0. The zero-order valence-electron chi connectivity index (χ0n) is 14.3. The molecule has 1 aliphatic heterocycles. The average Bonchev–Trinajstić information content (AvgIpc) is 3.16. The number of aromatic nitrogens is 1. The minimum absolute atomic E-state index is 0.209. The van der Waals surface area contributed by atoms with E-state index in [2.05, 4.69) is 10.3 Å². The molecule has 134 valence electrons. The van der Waals surface area contributed by atoms with Crippen molar-refractivity contribution in [3.05, 3.63) is 76.6 Å². The summed E-state index contributed by atoms with van der Waals surface area (Å²) in [5.41, 5.74) is 2.23. The van der Waals surface area contributed by atoms with Gasteiger partial charge in [0.1, 0.15) is 5.82 Å². The first-order chi connectivity index (χ1) is 13.0. The fourth-order valence-electron chi connectivity index (χ4n) is 2.86. The van der Waals surface area contributed by atoms with E-state index in [-0.39, 0.29) is 16.6 Å². The second kappa shape index (κ2) is 6.85. The standard InChI is InChI=1S/C20H14FN3O2S/c1-24-11-13(15-4-2-3-5-16(15)24)10-17-19(26)23-20(27-17)22-18(25)12-6-8-14(21)9-7-12/h2-11H,1H3,(H,22,23,25,26). The number of amidine groups is 1. The van der Waals surface area contributed by atoms with E-state index in [1.807, 2.05) is 42.1 Å². The Bertz CT molecular complexity index is 1130. The number of aryl methyl sites for hydroxylation is 1. The van der Waals surface area contributed by atoms with Crippen molar-refractivity contribution in [1.82, 2.24) is 9.88 Å². The summed E-state index contributed by atoms with van der Waals surface area (Å²) in [4.78, 5) is 28.8. The lowest BCUT2D eigenvalue weighted by Gasteiger charge is -1.96. The van der Waals surface area contributed by atoms with Crippen LogP contribution in [-0.2, 0) is 11.8 Å². The predicted octanol–water partition coefficient (Wildman–Crippen LogP) is 3.72. The number of fused-ring (bicyclic) bond motifs is 1. The van der Waals surface area contributed by atoms with Gasteiger partial charge in [-0.3, -0.25) is 9.59 Å². The molecule has 0 aliphatic carbocycles. The van der Waals surface area contributed by atoms with E-state index >= 15 is 0 Å². The van der Waals surface area contributed by atoms with Crippen LogP contribution in [0.25, 0.3) is 17.0 Å². The lowest BCUT2D eigenvalue weighted by atomic mass is 10.1. The first-order valence-corrected chi connectivity index (χ1v) is 8.96. The Morgan fingerprint density at radius 1 is 1.19 bits per heavy atom. The number of carbonyl (C=O) groups excluding carboxylic acids is 2. The molecule has 1 aromatic heterocycles. The van der Waals surface area contributed by atoms with E-state index in [9.17, 15) is 14.0 Å². The van der Waals surface area contributed by atoms with Gasteiger partial charge in [-0.15, -0.1) is 0 Å². The number of para-hydroxylation sites is 1. The maximum absolute atomic E-state index is 13.0. The van der Waals surface area contributed by atoms with Crippen molar-refractivity contribution < 1.29 is 14.0 Å². The Balaban J connectivity index is 1.61. The molecule has 1 aliphatic rings. The van der Waals surface area contributed by atoms with Crippen LogP contribution in [0.2, 0.25) is 0 Å².